The van der Waals surface area contributed by atoms with Gasteiger partial charge in [0.05, 0.1) is 18.4 Å². The Morgan fingerprint density at radius 1 is 1.36 bits per heavy atom. The second kappa shape index (κ2) is 7.94. The van der Waals surface area contributed by atoms with Gasteiger partial charge >= 0.3 is 5.97 Å². The molecule has 1 unspecified atom stereocenters. The first-order valence-electron chi connectivity index (χ1n) is 8.33. The van der Waals surface area contributed by atoms with Crippen LogP contribution in [0.5, 0.6) is 5.75 Å². The molecule has 132 valence electrons. The normalized spacial score (nSPS) is 16.6. The summed E-state index contributed by atoms with van der Waals surface area (Å²) >= 11 is 0. The number of aromatic nitrogens is 2. The van der Waals surface area contributed by atoms with Crippen molar-refractivity contribution in [2.24, 2.45) is 0 Å². The molecule has 1 aliphatic heterocycles. The molecule has 2 N–H and O–H groups in total. The summed E-state index contributed by atoms with van der Waals surface area (Å²) in [6, 6.07) is 9.03. The van der Waals surface area contributed by atoms with E-state index in [4.69, 9.17) is 19.9 Å². The van der Waals surface area contributed by atoms with Gasteiger partial charge < -0.3 is 19.9 Å². The van der Waals surface area contributed by atoms with Crippen molar-refractivity contribution in [2.75, 3.05) is 25.6 Å². The monoisotopic (exact) mass is 343 g/mol. The molecule has 2 aromatic rings. The van der Waals surface area contributed by atoms with Crippen LogP contribution in [0, 0.1) is 0 Å². The number of nitrogen functional groups attached to an aromatic ring is 1. The Balaban J connectivity index is 1.86. The van der Waals surface area contributed by atoms with Gasteiger partial charge in [0.15, 0.2) is 5.69 Å². The largest absolute Gasteiger partial charge is 0.490 e. The molecule has 25 heavy (non-hydrogen) atoms. The van der Waals surface area contributed by atoms with E-state index in [0.29, 0.717) is 18.1 Å². The van der Waals surface area contributed by atoms with E-state index in [1.807, 2.05) is 24.3 Å². The standard InChI is InChI=1S/C18H21N3O4/c1-2-23-17(22)15-10-14(20-18(19)21-15)13-7-3-4-8-16(13)25-11-12-6-5-9-24-12/h3-4,7-8,10,12H,2,5-6,9,11H2,1H3,(H2,19,20,21). The summed E-state index contributed by atoms with van der Waals surface area (Å²) in [6.45, 7) is 3.25. The van der Waals surface area contributed by atoms with Gasteiger partial charge in [0.2, 0.25) is 5.95 Å². The van der Waals surface area contributed by atoms with Gasteiger partial charge in [-0.25, -0.2) is 14.8 Å². The summed E-state index contributed by atoms with van der Waals surface area (Å²) in [5, 5.41) is 0. The second-order valence-corrected chi connectivity index (χ2v) is 5.66. The van der Waals surface area contributed by atoms with Crippen molar-refractivity contribution in [3.05, 3.63) is 36.0 Å². The molecule has 0 saturated carbocycles. The molecular weight excluding hydrogens is 322 g/mol. The van der Waals surface area contributed by atoms with E-state index in [2.05, 4.69) is 9.97 Å². The fourth-order valence-electron chi connectivity index (χ4n) is 2.68. The minimum absolute atomic E-state index is 0.00878. The van der Waals surface area contributed by atoms with Crippen molar-refractivity contribution >= 4 is 11.9 Å². The number of hydrogen-bond acceptors (Lipinski definition) is 7. The highest BCUT2D eigenvalue weighted by molar-refractivity contribution is 5.89. The number of nitrogens with two attached hydrogens (primary N) is 1. The zero-order valence-electron chi connectivity index (χ0n) is 14.1. The van der Waals surface area contributed by atoms with Crippen molar-refractivity contribution in [1.29, 1.82) is 0 Å². The Morgan fingerprint density at radius 2 is 2.20 bits per heavy atom. The molecule has 0 radical (unpaired) electrons. The summed E-state index contributed by atoms with van der Waals surface area (Å²) in [7, 11) is 0. The van der Waals surface area contributed by atoms with Gasteiger partial charge in [-0.3, -0.25) is 0 Å². The molecule has 0 bridgehead atoms. The zero-order valence-corrected chi connectivity index (χ0v) is 14.1. The number of anilines is 1. The van der Waals surface area contributed by atoms with Crippen LogP contribution in [0.1, 0.15) is 30.3 Å². The third-order valence-electron chi connectivity index (χ3n) is 3.84. The number of rotatable bonds is 6. The highest BCUT2D eigenvalue weighted by atomic mass is 16.5. The molecule has 0 amide bonds. The molecule has 3 rings (SSSR count). The SMILES string of the molecule is CCOC(=O)c1cc(-c2ccccc2OCC2CCCO2)nc(N)n1. The molecule has 0 aliphatic carbocycles. The lowest BCUT2D eigenvalue weighted by Gasteiger charge is -2.14. The van der Waals surface area contributed by atoms with Crippen LogP contribution >= 0.6 is 0 Å². The third kappa shape index (κ3) is 4.24. The minimum atomic E-state index is -0.532. The quantitative estimate of drug-likeness (QED) is 0.805. The number of esters is 1. The summed E-state index contributed by atoms with van der Waals surface area (Å²) in [5.41, 5.74) is 7.14. The Bertz CT molecular complexity index is 745. The summed E-state index contributed by atoms with van der Waals surface area (Å²) in [6.07, 6.45) is 2.16. The topological polar surface area (TPSA) is 96.6 Å². The highest BCUT2D eigenvalue weighted by Crippen LogP contribution is 2.30. The van der Waals surface area contributed by atoms with Gasteiger partial charge in [-0.15, -0.1) is 0 Å². The van der Waals surface area contributed by atoms with Crippen LogP contribution in [0.4, 0.5) is 5.95 Å². The predicted octanol–water partition coefficient (Wildman–Crippen LogP) is 2.46. The average molecular weight is 343 g/mol. The lowest BCUT2D eigenvalue weighted by molar-refractivity contribution is 0.0519. The van der Waals surface area contributed by atoms with Gasteiger partial charge in [-0.05, 0) is 38.0 Å². The number of nitrogens with zero attached hydrogens (tertiary/aromatic N) is 2. The molecule has 7 heteroatoms. The molecule has 7 nitrogen and oxygen atoms in total. The van der Waals surface area contributed by atoms with Crippen LogP contribution in [-0.4, -0.2) is 41.9 Å². The van der Waals surface area contributed by atoms with Crippen LogP contribution in [0.3, 0.4) is 0 Å². The smallest absolute Gasteiger partial charge is 0.357 e. The molecule has 0 spiro atoms. The predicted molar refractivity (Wildman–Crippen MR) is 92.3 cm³/mol. The van der Waals surface area contributed by atoms with Gasteiger partial charge in [0.25, 0.3) is 0 Å². The number of hydrogen-bond donors (Lipinski definition) is 1. The molecule has 1 aliphatic rings. The Labute approximate surface area is 146 Å². The molecule has 2 heterocycles. The van der Waals surface area contributed by atoms with Gasteiger partial charge in [0, 0.05) is 12.2 Å². The first-order chi connectivity index (χ1) is 12.2. The lowest BCUT2D eigenvalue weighted by Crippen LogP contribution is -2.16. The third-order valence-corrected chi connectivity index (χ3v) is 3.84. The van der Waals surface area contributed by atoms with Crippen molar-refractivity contribution in [3.63, 3.8) is 0 Å². The van der Waals surface area contributed by atoms with Gasteiger partial charge in [-0.2, -0.15) is 0 Å². The van der Waals surface area contributed by atoms with E-state index < -0.39 is 5.97 Å². The Morgan fingerprint density at radius 3 is 2.96 bits per heavy atom. The van der Waals surface area contributed by atoms with Crippen molar-refractivity contribution in [1.82, 2.24) is 9.97 Å². The molecule has 1 aromatic heterocycles. The zero-order chi connectivity index (χ0) is 17.6. The number of carbonyl (C=O) groups excluding carboxylic acids is 1. The van der Waals surface area contributed by atoms with E-state index in [-0.39, 0.29) is 24.4 Å². The van der Waals surface area contributed by atoms with E-state index >= 15 is 0 Å². The summed E-state index contributed by atoms with van der Waals surface area (Å²) in [5.74, 6) is 0.135. The second-order valence-electron chi connectivity index (χ2n) is 5.66. The van der Waals surface area contributed by atoms with Crippen molar-refractivity contribution in [3.8, 4) is 17.0 Å². The average Bonchev–Trinajstić information content (AvgIpc) is 3.13. The first kappa shape index (κ1) is 17.2. The maximum absolute atomic E-state index is 11.9. The van der Waals surface area contributed by atoms with Gasteiger partial charge in [-0.1, -0.05) is 12.1 Å². The molecule has 1 atom stereocenters. The molecule has 1 fully saturated rings. The highest BCUT2D eigenvalue weighted by Gasteiger charge is 2.18. The van der Waals surface area contributed by atoms with Gasteiger partial charge in [0.1, 0.15) is 12.4 Å². The molecular formula is C18H21N3O4. The number of para-hydroxylation sites is 1. The maximum atomic E-state index is 11.9. The van der Waals surface area contributed by atoms with Crippen LogP contribution in [0.2, 0.25) is 0 Å². The van der Waals surface area contributed by atoms with E-state index in [1.165, 1.54) is 0 Å². The van der Waals surface area contributed by atoms with Crippen molar-refractivity contribution in [2.45, 2.75) is 25.9 Å². The fraction of sp³-hybridized carbons (Fsp3) is 0.389. The number of benzene rings is 1. The van der Waals surface area contributed by atoms with Crippen LogP contribution in [0.25, 0.3) is 11.3 Å². The van der Waals surface area contributed by atoms with E-state index in [1.54, 1.807) is 13.0 Å². The maximum Gasteiger partial charge on any atom is 0.357 e. The summed E-state index contributed by atoms with van der Waals surface area (Å²) < 4.78 is 16.5. The lowest BCUT2D eigenvalue weighted by atomic mass is 10.1. The number of carbonyl (C=O) groups is 1. The van der Waals surface area contributed by atoms with E-state index in [9.17, 15) is 4.79 Å². The minimum Gasteiger partial charge on any atom is -0.490 e. The summed E-state index contributed by atoms with van der Waals surface area (Å²) in [4.78, 5) is 20.1. The Hall–Kier alpha value is -2.67. The van der Waals surface area contributed by atoms with Crippen molar-refractivity contribution < 1.29 is 19.0 Å². The number of ether oxygens (including phenoxy) is 3. The van der Waals surface area contributed by atoms with E-state index in [0.717, 1.165) is 25.0 Å². The van der Waals surface area contributed by atoms with Crippen LogP contribution in [-0.2, 0) is 9.47 Å². The first-order valence-corrected chi connectivity index (χ1v) is 8.33. The molecule has 1 aromatic carbocycles. The van der Waals surface area contributed by atoms with Crippen LogP contribution < -0.4 is 10.5 Å². The molecule has 1 saturated heterocycles. The van der Waals surface area contributed by atoms with Crippen LogP contribution in [0.15, 0.2) is 30.3 Å². The Kier molecular flexibility index (Phi) is 5.45. The fourth-order valence-corrected chi connectivity index (χ4v) is 2.68.